The highest BCUT2D eigenvalue weighted by molar-refractivity contribution is 7.89. The number of nitrogens with zero attached hydrogens (tertiary/aromatic N) is 1. The van der Waals surface area contributed by atoms with Crippen LogP contribution in [-0.2, 0) is 24.8 Å². The minimum Gasteiger partial charge on any atom is -0.491 e. The standard InChI is InChI=1S/C29H34F3N3O7S2/c30-29(31,32)20-34-43(37,38)26-7-3-6-25(15-26)41-19-24(36)17-33-23-16-28(42-18-23)10-12-35(13-11-28)44(39,40)27-9-8-21-4-1-2-5-22(21)14-27/h1-9,14-15,23-24,33-34,36H,10-13,16-20H2. The van der Waals surface area contributed by atoms with Gasteiger partial charge in [0.1, 0.15) is 25.0 Å². The summed E-state index contributed by atoms with van der Waals surface area (Å²) in [5.41, 5.74) is -0.458. The second kappa shape index (κ2) is 12.9. The van der Waals surface area contributed by atoms with Gasteiger partial charge < -0.3 is 19.9 Å². The van der Waals surface area contributed by atoms with Crippen molar-refractivity contribution in [3.63, 3.8) is 0 Å². The second-order valence-electron chi connectivity index (χ2n) is 11.1. The van der Waals surface area contributed by atoms with E-state index < -0.39 is 49.4 Å². The molecular formula is C29H34F3N3O7S2. The first-order chi connectivity index (χ1) is 20.7. The molecule has 2 saturated heterocycles. The van der Waals surface area contributed by atoms with Crippen LogP contribution in [-0.4, -0.2) is 89.6 Å². The summed E-state index contributed by atoms with van der Waals surface area (Å²) in [6.07, 6.45) is -3.93. The summed E-state index contributed by atoms with van der Waals surface area (Å²) in [6.45, 7) is -0.669. The summed E-state index contributed by atoms with van der Waals surface area (Å²) in [7, 11) is -8.05. The van der Waals surface area contributed by atoms with Crippen LogP contribution < -0.4 is 14.8 Å². The Bertz CT molecular complexity index is 1680. The lowest BCUT2D eigenvalue weighted by Crippen LogP contribution is -2.47. The quantitative estimate of drug-likeness (QED) is 0.287. The van der Waals surface area contributed by atoms with Gasteiger partial charge in [0.2, 0.25) is 20.0 Å². The SMILES string of the molecule is O=S(=O)(NCC(F)(F)F)c1cccc(OCC(O)CNC2COC3(CCN(S(=O)(=O)c4ccc5ccccc5c4)CC3)C2)c1. The molecule has 240 valence electrons. The predicted molar refractivity (Wildman–Crippen MR) is 156 cm³/mol. The fraction of sp³-hybridized carbons (Fsp3) is 0.448. The minimum absolute atomic E-state index is 0.0681. The predicted octanol–water partition coefficient (Wildman–Crippen LogP) is 3.02. The molecule has 2 fully saturated rings. The Hall–Kier alpha value is -2.79. The number of hydrogen-bond donors (Lipinski definition) is 3. The maximum Gasteiger partial charge on any atom is 0.402 e. The maximum atomic E-state index is 13.3. The summed E-state index contributed by atoms with van der Waals surface area (Å²) < 4.78 is 103. The number of alkyl halides is 3. The Morgan fingerprint density at radius 1 is 0.977 bits per heavy atom. The fourth-order valence-corrected chi connectivity index (χ4v) is 8.01. The van der Waals surface area contributed by atoms with E-state index in [2.05, 4.69) is 5.32 Å². The lowest BCUT2D eigenvalue weighted by atomic mass is 9.88. The van der Waals surface area contributed by atoms with Gasteiger partial charge >= 0.3 is 6.18 Å². The monoisotopic (exact) mass is 657 g/mol. The molecule has 0 saturated carbocycles. The van der Waals surface area contributed by atoms with E-state index in [9.17, 15) is 35.1 Å². The van der Waals surface area contributed by atoms with Gasteiger partial charge in [-0.1, -0.05) is 36.4 Å². The van der Waals surface area contributed by atoms with Gasteiger partial charge in [-0.3, -0.25) is 0 Å². The van der Waals surface area contributed by atoms with Crippen molar-refractivity contribution in [2.45, 2.75) is 53.0 Å². The zero-order valence-corrected chi connectivity index (χ0v) is 25.3. The molecule has 5 rings (SSSR count). The molecule has 3 aromatic carbocycles. The van der Waals surface area contributed by atoms with Gasteiger partial charge in [0, 0.05) is 31.7 Å². The highest BCUT2D eigenvalue weighted by Crippen LogP contribution is 2.37. The summed E-state index contributed by atoms with van der Waals surface area (Å²) in [4.78, 5) is -0.127. The zero-order chi connectivity index (χ0) is 31.6. The molecule has 10 nitrogen and oxygen atoms in total. The number of nitrogens with one attached hydrogen (secondary N) is 2. The Morgan fingerprint density at radius 2 is 1.70 bits per heavy atom. The third-order valence-electron chi connectivity index (χ3n) is 7.86. The number of rotatable bonds is 11. The Morgan fingerprint density at radius 3 is 2.43 bits per heavy atom. The maximum absolute atomic E-state index is 13.3. The van der Waals surface area contributed by atoms with E-state index in [4.69, 9.17) is 9.47 Å². The number of aliphatic hydroxyl groups is 1. The van der Waals surface area contributed by atoms with E-state index >= 15 is 0 Å². The third-order valence-corrected chi connectivity index (χ3v) is 11.2. The van der Waals surface area contributed by atoms with Crippen molar-refractivity contribution in [2.24, 2.45) is 0 Å². The molecule has 2 unspecified atom stereocenters. The van der Waals surface area contributed by atoms with Crippen LogP contribution in [0.1, 0.15) is 19.3 Å². The number of benzene rings is 3. The van der Waals surface area contributed by atoms with Crippen molar-refractivity contribution in [1.29, 1.82) is 0 Å². The molecule has 2 heterocycles. The normalized spacial score (nSPS) is 20.2. The molecule has 0 amide bonds. The summed E-state index contributed by atoms with van der Waals surface area (Å²) in [5, 5.41) is 15.5. The highest BCUT2D eigenvalue weighted by Gasteiger charge is 2.44. The average molecular weight is 658 g/mol. The van der Waals surface area contributed by atoms with Crippen LogP contribution in [0.5, 0.6) is 5.75 Å². The molecule has 2 aliphatic heterocycles. The van der Waals surface area contributed by atoms with Crippen LogP contribution in [0.4, 0.5) is 13.2 Å². The van der Waals surface area contributed by atoms with Gasteiger partial charge in [-0.2, -0.15) is 17.5 Å². The smallest absolute Gasteiger partial charge is 0.402 e. The largest absolute Gasteiger partial charge is 0.491 e. The molecule has 3 aromatic rings. The van der Waals surface area contributed by atoms with Crippen LogP contribution in [0, 0.1) is 0 Å². The van der Waals surface area contributed by atoms with E-state index in [1.807, 2.05) is 30.3 Å². The van der Waals surface area contributed by atoms with Crippen molar-refractivity contribution < 1.29 is 44.6 Å². The first-order valence-corrected chi connectivity index (χ1v) is 17.0. The van der Waals surface area contributed by atoms with E-state index in [0.717, 1.165) is 22.9 Å². The van der Waals surface area contributed by atoms with Gasteiger partial charge in [-0.05, 0) is 54.3 Å². The highest BCUT2D eigenvalue weighted by atomic mass is 32.2. The first-order valence-electron chi connectivity index (χ1n) is 14.1. The Labute approximate surface area is 254 Å². The van der Waals surface area contributed by atoms with Crippen molar-refractivity contribution in [3.8, 4) is 5.75 Å². The molecule has 15 heteroatoms. The fourth-order valence-electron chi connectivity index (χ4n) is 5.48. The molecule has 1 spiro atoms. The molecular weight excluding hydrogens is 623 g/mol. The van der Waals surface area contributed by atoms with Crippen LogP contribution in [0.3, 0.4) is 0 Å². The topological polar surface area (TPSA) is 134 Å². The van der Waals surface area contributed by atoms with Gasteiger partial charge in [-0.15, -0.1) is 0 Å². The third kappa shape index (κ3) is 7.88. The number of ether oxygens (including phenoxy) is 2. The molecule has 0 radical (unpaired) electrons. The van der Waals surface area contributed by atoms with E-state index in [1.165, 1.54) is 21.2 Å². The van der Waals surface area contributed by atoms with Crippen molar-refractivity contribution in [2.75, 3.05) is 39.4 Å². The number of aliphatic hydroxyl groups excluding tert-OH is 1. The lowest BCUT2D eigenvalue weighted by Gasteiger charge is -2.38. The minimum atomic E-state index is -4.70. The number of halogens is 3. The van der Waals surface area contributed by atoms with Crippen LogP contribution in [0.25, 0.3) is 10.8 Å². The van der Waals surface area contributed by atoms with Crippen LogP contribution >= 0.6 is 0 Å². The molecule has 2 atom stereocenters. The van der Waals surface area contributed by atoms with Gasteiger partial charge in [0.25, 0.3) is 0 Å². The van der Waals surface area contributed by atoms with Gasteiger partial charge in [0.15, 0.2) is 0 Å². The number of fused-ring (bicyclic) bond motifs is 1. The van der Waals surface area contributed by atoms with Crippen molar-refractivity contribution in [1.82, 2.24) is 14.3 Å². The average Bonchev–Trinajstić information content (AvgIpc) is 3.39. The Kier molecular flexibility index (Phi) is 9.56. The molecule has 2 aliphatic rings. The zero-order valence-electron chi connectivity index (χ0n) is 23.7. The molecule has 3 N–H and O–H groups in total. The van der Waals surface area contributed by atoms with E-state index in [1.54, 1.807) is 12.1 Å². The molecule has 44 heavy (non-hydrogen) atoms. The first kappa shape index (κ1) is 32.6. The number of hydrogen-bond acceptors (Lipinski definition) is 8. The second-order valence-corrected chi connectivity index (χ2v) is 14.8. The summed E-state index contributed by atoms with van der Waals surface area (Å²) in [5.74, 6) is 0.0764. The number of sulfonamides is 2. The molecule has 0 bridgehead atoms. The molecule has 0 aromatic heterocycles. The van der Waals surface area contributed by atoms with E-state index in [-0.39, 0.29) is 29.8 Å². The lowest BCUT2D eigenvalue weighted by molar-refractivity contribution is -0.121. The van der Waals surface area contributed by atoms with E-state index in [0.29, 0.717) is 39.0 Å². The van der Waals surface area contributed by atoms with Crippen molar-refractivity contribution >= 4 is 30.8 Å². The van der Waals surface area contributed by atoms with Crippen molar-refractivity contribution in [3.05, 3.63) is 66.7 Å². The van der Waals surface area contributed by atoms with Gasteiger partial charge in [-0.25, -0.2) is 21.6 Å². The summed E-state index contributed by atoms with van der Waals surface area (Å²) in [6, 6.07) is 17.7. The summed E-state index contributed by atoms with van der Waals surface area (Å²) >= 11 is 0. The Balaban J connectivity index is 1.07. The number of piperidine rings is 1. The van der Waals surface area contributed by atoms with Crippen LogP contribution in [0.15, 0.2) is 76.5 Å². The van der Waals surface area contributed by atoms with Gasteiger partial charge in [0.05, 0.1) is 22.0 Å². The van der Waals surface area contributed by atoms with Crippen LogP contribution in [0.2, 0.25) is 0 Å². The molecule has 0 aliphatic carbocycles.